The van der Waals surface area contributed by atoms with E-state index in [2.05, 4.69) is 10.2 Å². The monoisotopic (exact) mass is 257 g/mol. The molecule has 2 rings (SSSR count). The third kappa shape index (κ3) is 1.77. The Morgan fingerprint density at radius 2 is 2.00 bits per heavy atom. The first kappa shape index (κ1) is 11.6. The van der Waals surface area contributed by atoms with Crippen molar-refractivity contribution < 1.29 is 17.6 Å². The Hall–Kier alpha value is -0.850. The van der Waals surface area contributed by atoms with E-state index >= 15 is 0 Å². The predicted molar refractivity (Wildman–Crippen MR) is 47.7 cm³/mol. The first-order valence-corrected chi connectivity index (χ1v) is 5.18. The minimum Gasteiger partial charge on any atom is -0.306 e. The van der Waals surface area contributed by atoms with Gasteiger partial charge in [-0.1, -0.05) is 0 Å². The van der Waals surface area contributed by atoms with Crippen LogP contribution in [0.25, 0.3) is 0 Å². The average Bonchev–Trinajstić information content (AvgIpc) is 2.96. The van der Waals surface area contributed by atoms with E-state index in [1.54, 1.807) is 0 Å². The maximum absolute atomic E-state index is 13.2. The highest BCUT2D eigenvalue weighted by atomic mass is 35.5. The highest BCUT2D eigenvalue weighted by molar-refractivity contribution is 6.16. The third-order valence-corrected chi connectivity index (χ3v) is 2.61. The first-order valence-electron chi connectivity index (χ1n) is 4.64. The second-order valence-corrected chi connectivity index (χ2v) is 3.87. The fraction of sp³-hybridized carbons (Fsp3) is 0.750. The van der Waals surface area contributed by atoms with Crippen LogP contribution in [0.2, 0.25) is 0 Å². The molecule has 1 aliphatic rings. The van der Waals surface area contributed by atoms with Gasteiger partial charge in [0.05, 0.1) is 5.88 Å². The van der Waals surface area contributed by atoms with Crippen molar-refractivity contribution in [3.05, 3.63) is 11.6 Å². The molecule has 1 aromatic heterocycles. The topological polar surface area (TPSA) is 30.7 Å². The molecule has 0 aromatic carbocycles. The number of aromatic nitrogens is 3. The van der Waals surface area contributed by atoms with Crippen molar-refractivity contribution in [3.63, 3.8) is 0 Å². The summed E-state index contributed by atoms with van der Waals surface area (Å²) in [5.41, 5.74) is 0. The SMILES string of the molecule is FC(F)C(F)(F)c1nnc(CCl)n1C1CC1. The Balaban J connectivity index is 2.44. The summed E-state index contributed by atoms with van der Waals surface area (Å²) in [6.07, 6.45) is -2.47. The largest absolute Gasteiger partial charge is 0.365 e. The van der Waals surface area contributed by atoms with E-state index in [4.69, 9.17) is 11.6 Å². The van der Waals surface area contributed by atoms with Crippen LogP contribution < -0.4 is 0 Å². The summed E-state index contributed by atoms with van der Waals surface area (Å²) < 4.78 is 51.8. The summed E-state index contributed by atoms with van der Waals surface area (Å²) in [6, 6.07) is -0.219. The molecular formula is C8H8ClF4N3. The molecule has 0 amide bonds. The van der Waals surface area contributed by atoms with E-state index in [9.17, 15) is 17.6 Å². The lowest BCUT2D eigenvalue weighted by Crippen LogP contribution is -2.28. The molecule has 8 heteroatoms. The quantitative estimate of drug-likeness (QED) is 0.613. The van der Waals surface area contributed by atoms with Crippen LogP contribution in [0, 0.1) is 0 Å². The lowest BCUT2D eigenvalue weighted by atomic mass is 10.3. The van der Waals surface area contributed by atoms with Gasteiger partial charge in [0.15, 0.2) is 0 Å². The number of hydrogen-bond donors (Lipinski definition) is 0. The van der Waals surface area contributed by atoms with E-state index in [1.807, 2.05) is 0 Å². The third-order valence-electron chi connectivity index (χ3n) is 2.37. The van der Waals surface area contributed by atoms with Crippen LogP contribution >= 0.6 is 11.6 Å². The summed E-state index contributed by atoms with van der Waals surface area (Å²) in [7, 11) is 0. The zero-order chi connectivity index (χ0) is 11.9. The smallest absolute Gasteiger partial charge is 0.306 e. The van der Waals surface area contributed by atoms with Gasteiger partial charge in [-0.15, -0.1) is 21.8 Å². The molecule has 0 spiro atoms. The molecule has 0 saturated heterocycles. The maximum atomic E-state index is 13.2. The molecule has 1 heterocycles. The van der Waals surface area contributed by atoms with Gasteiger partial charge in [-0.2, -0.15) is 8.78 Å². The molecule has 0 atom stereocenters. The van der Waals surface area contributed by atoms with Gasteiger partial charge in [0.2, 0.25) is 5.82 Å². The minimum atomic E-state index is -4.28. The Labute approximate surface area is 93.4 Å². The van der Waals surface area contributed by atoms with Gasteiger partial charge in [0.25, 0.3) is 0 Å². The van der Waals surface area contributed by atoms with E-state index in [0.717, 1.165) is 4.57 Å². The molecule has 16 heavy (non-hydrogen) atoms. The lowest BCUT2D eigenvalue weighted by Gasteiger charge is -2.16. The van der Waals surface area contributed by atoms with Crippen molar-refractivity contribution in [2.24, 2.45) is 0 Å². The normalized spacial score (nSPS) is 17.1. The molecule has 3 nitrogen and oxygen atoms in total. The Kier molecular flexibility index (Phi) is 2.81. The van der Waals surface area contributed by atoms with Crippen LogP contribution in [0.15, 0.2) is 0 Å². The summed E-state index contributed by atoms with van der Waals surface area (Å²) in [5, 5.41) is 6.55. The molecule has 0 bridgehead atoms. The minimum absolute atomic E-state index is 0.111. The number of hydrogen-bond acceptors (Lipinski definition) is 2. The van der Waals surface area contributed by atoms with E-state index in [1.165, 1.54) is 0 Å². The Bertz CT molecular complexity index is 389. The molecule has 1 aliphatic carbocycles. The molecule has 1 aromatic rings. The van der Waals surface area contributed by atoms with Crippen molar-refractivity contribution >= 4 is 11.6 Å². The van der Waals surface area contributed by atoms with Crippen LogP contribution in [0.3, 0.4) is 0 Å². The molecule has 1 fully saturated rings. The molecular weight excluding hydrogens is 250 g/mol. The van der Waals surface area contributed by atoms with Crippen molar-refractivity contribution in [3.8, 4) is 0 Å². The number of halogens is 5. The van der Waals surface area contributed by atoms with Crippen molar-refractivity contribution in [2.75, 3.05) is 0 Å². The molecule has 1 saturated carbocycles. The average molecular weight is 258 g/mol. The second kappa shape index (κ2) is 3.87. The lowest BCUT2D eigenvalue weighted by molar-refractivity contribution is -0.143. The van der Waals surface area contributed by atoms with Crippen molar-refractivity contribution in [1.82, 2.24) is 14.8 Å². The van der Waals surface area contributed by atoms with Crippen LogP contribution in [-0.2, 0) is 11.8 Å². The van der Waals surface area contributed by atoms with E-state index in [-0.39, 0.29) is 17.7 Å². The van der Waals surface area contributed by atoms with Gasteiger partial charge in [0, 0.05) is 6.04 Å². The van der Waals surface area contributed by atoms with Crippen LogP contribution in [0.1, 0.15) is 30.5 Å². The highest BCUT2D eigenvalue weighted by Gasteiger charge is 2.49. The summed E-state index contributed by atoms with van der Waals surface area (Å²) in [5.74, 6) is -5.27. The number of nitrogens with zero attached hydrogens (tertiary/aromatic N) is 3. The maximum Gasteiger partial charge on any atom is 0.365 e. The predicted octanol–water partition coefficient (Wildman–Crippen LogP) is 2.71. The highest BCUT2D eigenvalue weighted by Crippen LogP contribution is 2.42. The second-order valence-electron chi connectivity index (χ2n) is 3.60. The molecule has 0 aliphatic heterocycles. The summed E-state index contributed by atoms with van der Waals surface area (Å²) in [4.78, 5) is 0. The zero-order valence-corrected chi connectivity index (χ0v) is 8.76. The van der Waals surface area contributed by atoms with Gasteiger partial charge in [-0.05, 0) is 12.8 Å². The standard InChI is InChI=1S/C8H8ClF4N3/c9-3-5-14-15-7(8(12,13)6(10)11)16(5)4-1-2-4/h4,6H,1-3H2. The fourth-order valence-corrected chi connectivity index (χ4v) is 1.64. The summed E-state index contributed by atoms with van der Waals surface area (Å²) >= 11 is 5.49. The van der Waals surface area contributed by atoms with Gasteiger partial charge >= 0.3 is 12.3 Å². The van der Waals surface area contributed by atoms with Crippen LogP contribution in [0.5, 0.6) is 0 Å². The van der Waals surface area contributed by atoms with Crippen molar-refractivity contribution in [2.45, 2.75) is 37.1 Å². The summed E-state index contributed by atoms with van der Waals surface area (Å²) in [6.45, 7) is 0. The van der Waals surface area contributed by atoms with Crippen LogP contribution in [0.4, 0.5) is 17.6 Å². The molecule has 90 valence electrons. The van der Waals surface area contributed by atoms with E-state index < -0.39 is 18.2 Å². The van der Waals surface area contributed by atoms with Gasteiger partial charge in [-0.25, -0.2) is 8.78 Å². The van der Waals surface area contributed by atoms with Gasteiger partial charge in [-0.3, -0.25) is 0 Å². The Morgan fingerprint density at radius 1 is 1.38 bits per heavy atom. The van der Waals surface area contributed by atoms with Gasteiger partial charge in [0.1, 0.15) is 5.82 Å². The fourth-order valence-electron chi connectivity index (χ4n) is 1.46. The van der Waals surface area contributed by atoms with E-state index in [0.29, 0.717) is 12.8 Å². The van der Waals surface area contributed by atoms with Crippen LogP contribution in [-0.4, -0.2) is 21.2 Å². The zero-order valence-electron chi connectivity index (χ0n) is 8.01. The number of rotatable bonds is 4. The molecule has 0 unspecified atom stereocenters. The Morgan fingerprint density at radius 3 is 2.44 bits per heavy atom. The molecule has 0 radical (unpaired) electrons. The van der Waals surface area contributed by atoms with Crippen molar-refractivity contribution in [1.29, 1.82) is 0 Å². The number of alkyl halides is 5. The van der Waals surface area contributed by atoms with Gasteiger partial charge < -0.3 is 4.57 Å². The molecule has 0 N–H and O–H groups in total. The first-order chi connectivity index (χ1) is 7.48.